The molecule has 8 heteroatoms. The zero-order valence-corrected chi connectivity index (χ0v) is 12.1. The molecule has 2 aliphatic heterocycles. The number of carbonyl (C=O) groups excluding carboxylic acids is 1. The number of morpholine rings is 1. The average molecular weight is 309 g/mol. The van der Waals surface area contributed by atoms with Crippen molar-refractivity contribution in [3.05, 3.63) is 0 Å². The van der Waals surface area contributed by atoms with Gasteiger partial charge < -0.3 is 15.4 Å². The lowest BCUT2D eigenvalue weighted by molar-refractivity contribution is -0.216. The highest BCUT2D eigenvalue weighted by atomic mass is 19.4. The largest absolute Gasteiger partial charge is 0.404 e. The Balaban J connectivity index is 1.92. The van der Waals surface area contributed by atoms with Crippen LogP contribution in [0.5, 0.6) is 0 Å². The van der Waals surface area contributed by atoms with Crippen LogP contribution in [0.4, 0.5) is 13.2 Å². The van der Waals surface area contributed by atoms with E-state index in [1.807, 2.05) is 0 Å². The maximum atomic E-state index is 13.2. The Kier molecular flexibility index (Phi) is 5.11. The summed E-state index contributed by atoms with van der Waals surface area (Å²) in [5.41, 5.74) is -2.29. The third kappa shape index (κ3) is 3.67. The minimum atomic E-state index is -4.53. The van der Waals surface area contributed by atoms with E-state index in [2.05, 4.69) is 15.5 Å². The van der Waals surface area contributed by atoms with Gasteiger partial charge in [-0.25, -0.2) is 0 Å². The lowest BCUT2D eigenvalue weighted by Gasteiger charge is -2.33. The fraction of sp³-hybridized carbons (Fsp3) is 0.923. The first kappa shape index (κ1) is 16.5. The first-order valence-electron chi connectivity index (χ1n) is 7.24. The molecule has 2 heterocycles. The number of carbonyl (C=O) groups is 1. The summed E-state index contributed by atoms with van der Waals surface area (Å²) in [5, 5.41) is 5.18. The predicted molar refractivity (Wildman–Crippen MR) is 70.8 cm³/mol. The third-order valence-electron chi connectivity index (χ3n) is 4.15. The predicted octanol–water partition coefficient (Wildman–Crippen LogP) is 0.365. The van der Waals surface area contributed by atoms with Crippen molar-refractivity contribution in [2.45, 2.75) is 25.6 Å². The molecule has 0 aromatic heterocycles. The standard InChI is InChI=1S/C13H22F3N3O2/c1-10(8-19-4-6-21-7-5-19)18-11(20)12(13(14,15)16)2-3-17-9-12/h10,17H,2-9H2,1H3,(H,18,20). The Labute approximate surface area is 122 Å². The maximum Gasteiger partial charge on any atom is 0.404 e. The summed E-state index contributed by atoms with van der Waals surface area (Å²) in [5.74, 6) is -0.916. The molecule has 0 bridgehead atoms. The molecule has 2 saturated heterocycles. The average Bonchev–Trinajstić information content (AvgIpc) is 2.89. The molecule has 1 amide bonds. The van der Waals surface area contributed by atoms with E-state index < -0.39 is 17.5 Å². The Hall–Kier alpha value is -0.860. The number of amides is 1. The molecule has 0 aromatic rings. The summed E-state index contributed by atoms with van der Waals surface area (Å²) < 4.78 is 45.0. The van der Waals surface area contributed by atoms with Gasteiger partial charge in [0.15, 0.2) is 5.41 Å². The van der Waals surface area contributed by atoms with Crippen LogP contribution in [-0.4, -0.2) is 69.0 Å². The van der Waals surface area contributed by atoms with E-state index in [0.717, 1.165) is 13.1 Å². The Morgan fingerprint density at radius 2 is 2.10 bits per heavy atom. The molecule has 2 rings (SSSR count). The van der Waals surface area contributed by atoms with Gasteiger partial charge in [-0.1, -0.05) is 0 Å². The number of alkyl halides is 3. The topological polar surface area (TPSA) is 53.6 Å². The van der Waals surface area contributed by atoms with Crippen LogP contribution < -0.4 is 10.6 Å². The van der Waals surface area contributed by atoms with Crippen LogP contribution in [-0.2, 0) is 9.53 Å². The molecule has 0 spiro atoms. The van der Waals surface area contributed by atoms with Crippen molar-refractivity contribution in [3.63, 3.8) is 0 Å². The molecule has 5 nitrogen and oxygen atoms in total. The molecule has 2 N–H and O–H groups in total. The van der Waals surface area contributed by atoms with Crippen molar-refractivity contribution in [2.75, 3.05) is 45.9 Å². The molecule has 2 atom stereocenters. The second-order valence-electron chi connectivity index (χ2n) is 5.79. The fourth-order valence-electron chi connectivity index (χ4n) is 2.84. The first-order chi connectivity index (χ1) is 9.85. The highest BCUT2D eigenvalue weighted by Crippen LogP contribution is 2.43. The zero-order chi connectivity index (χ0) is 15.5. The monoisotopic (exact) mass is 309 g/mol. The van der Waals surface area contributed by atoms with Crippen molar-refractivity contribution >= 4 is 5.91 Å². The van der Waals surface area contributed by atoms with E-state index >= 15 is 0 Å². The highest BCUT2D eigenvalue weighted by molar-refractivity contribution is 5.84. The second kappa shape index (κ2) is 6.50. The van der Waals surface area contributed by atoms with Crippen molar-refractivity contribution in [3.8, 4) is 0 Å². The smallest absolute Gasteiger partial charge is 0.379 e. The number of rotatable bonds is 4. The van der Waals surface area contributed by atoms with Crippen LogP contribution in [0.25, 0.3) is 0 Å². The molecular weight excluding hydrogens is 287 g/mol. The summed E-state index contributed by atoms with van der Waals surface area (Å²) >= 11 is 0. The van der Waals surface area contributed by atoms with Gasteiger partial charge >= 0.3 is 6.18 Å². The van der Waals surface area contributed by atoms with E-state index in [9.17, 15) is 18.0 Å². The zero-order valence-electron chi connectivity index (χ0n) is 12.1. The van der Waals surface area contributed by atoms with Gasteiger partial charge in [-0.3, -0.25) is 9.69 Å². The molecule has 2 unspecified atom stereocenters. The molecule has 0 radical (unpaired) electrons. The second-order valence-corrected chi connectivity index (χ2v) is 5.79. The molecule has 0 aliphatic carbocycles. The SMILES string of the molecule is CC(CN1CCOCC1)NC(=O)C1(C(F)(F)F)CCNC1. The van der Waals surface area contributed by atoms with Gasteiger partial charge in [-0.2, -0.15) is 13.2 Å². The quantitative estimate of drug-likeness (QED) is 0.788. The number of ether oxygens (including phenoxy) is 1. The Morgan fingerprint density at radius 3 is 2.62 bits per heavy atom. The van der Waals surface area contributed by atoms with Crippen LogP contribution in [0.15, 0.2) is 0 Å². The van der Waals surface area contributed by atoms with Crippen molar-refractivity contribution in [2.24, 2.45) is 5.41 Å². The minimum absolute atomic E-state index is 0.202. The maximum absolute atomic E-state index is 13.2. The van der Waals surface area contributed by atoms with Crippen molar-refractivity contribution in [1.82, 2.24) is 15.5 Å². The first-order valence-corrected chi connectivity index (χ1v) is 7.24. The minimum Gasteiger partial charge on any atom is -0.379 e. The van der Waals surface area contributed by atoms with Gasteiger partial charge in [-0.05, 0) is 19.9 Å². The Morgan fingerprint density at radius 1 is 1.43 bits per heavy atom. The van der Waals surface area contributed by atoms with Crippen molar-refractivity contribution < 1.29 is 22.7 Å². The van der Waals surface area contributed by atoms with Gasteiger partial charge in [-0.15, -0.1) is 0 Å². The Bertz CT molecular complexity index is 364. The van der Waals surface area contributed by atoms with E-state index in [1.165, 1.54) is 0 Å². The van der Waals surface area contributed by atoms with Gasteiger partial charge in [0.2, 0.25) is 5.91 Å². The highest BCUT2D eigenvalue weighted by Gasteiger charge is 2.61. The van der Waals surface area contributed by atoms with E-state index in [0.29, 0.717) is 19.8 Å². The summed E-state index contributed by atoms with van der Waals surface area (Å²) in [6, 6.07) is -0.324. The number of hydrogen-bond donors (Lipinski definition) is 2. The molecule has 2 fully saturated rings. The molecule has 21 heavy (non-hydrogen) atoms. The summed E-state index contributed by atoms with van der Waals surface area (Å²) in [6.45, 7) is 4.88. The van der Waals surface area contributed by atoms with E-state index in [4.69, 9.17) is 4.74 Å². The number of nitrogens with zero attached hydrogens (tertiary/aromatic N) is 1. The summed E-state index contributed by atoms with van der Waals surface area (Å²) in [4.78, 5) is 14.2. The number of halogens is 3. The molecule has 122 valence electrons. The van der Waals surface area contributed by atoms with Crippen LogP contribution >= 0.6 is 0 Å². The van der Waals surface area contributed by atoms with Gasteiger partial charge in [0.1, 0.15) is 0 Å². The lowest BCUT2D eigenvalue weighted by atomic mass is 9.85. The van der Waals surface area contributed by atoms with Crippen LogP contribution in [0.3, 0.4) is 0 Å². The van der Waals surface area contributed by atoms with Gasteiger partial charge in [0.25, 0.3) is 0 Å². The molecule has 2 aliphatic rings. The molecule has 0 aromatic carbocycles. The number of nitrogens with one attached hydrogen (secondary N) is 2. The van der Waals surface area contributed by atoms with Gasteiger partial charge in [0.05, 0.1) is 13.2 Å². The van der Waals surface area contributed by atoms with E-state index in [1.54, 1.807) is 6.92 Å². The van der Waals surface area contributed by atoms with Crippen LogP contribution in [0, 0.1) is 5.41 Å². The fourth-order valence-corrected chi connectivity index (χ4v) is 2.84. The van der Waals surface area contributed by atoms with E-state index in [-0.39, 0.29) is 25.6 Å². The van der Waals surface area contributed by atoms with Crippen LogP contribution in [0.1, 0.15) is 13.3 Å². The number of hydrogen-bond acceptors (Lipinski definition) is 4. The van der Waals surface area contributed by atoms with Gasteiger partial charge in [0, 0.05) is 32.2 Å². The van der Waals surface area contributed by atoms with Crippen LogP contribution in [0.2, 0.25) is 0 Å². The molecular formula is C13H22F3N3O2. The summed E-state index contributed by atoms with van der Waals surface area (Å²) in [7, 11) is 0. The normalized spacial score (nSPS) is 29.3. The lowest BCUT2D eigenvalue weighted by Crippen LogP contribution is -2.56. The summed E-state index contributed by atoms with van der Waals surface area (Å²) in [6.07, 6.45) is -4.73. The van der Waals surface area contributed by atoms with Crippen molar-refractivity contribution in [1.29, 1.82) is 0 Å². The third-order valence-corrected chi connectivity index (χ3v) is 4.15. The molecule has 0 saturated carbocycles.